The summed E-state index contributed by atoms with van der Waals surface area (Å²) < 4.78 is 38.0. The molecular weight excluding hydrogens is 352 g/mol. The molecule has 3 unspecified atom stereocenters. The largest absolute Gasteiger partial charge is 0.365 e. The zero-order valence-corrected chi connectivity index (χ0v) is 14.8. The maximum absolute atomic E-state index is 13.8. The number of benzene rings is 1. The average molecular weight is 367 g/mol. The van der Waals surface area contributed by atoms with E-state index in [1.54, 1.807) is 32.0 Å². The fraction of sp³-hybridized carbons (Fsp3) is 0.357. The predicted octanol–water partition coefficient (Wildman–Crippen LogP) is 1.36. The Morgan fingerprint density at radius 3 is 2.54 bits per heavy atom. The van der Waals surface area contributed by atoms with Crippen molar-refractivity contribution in [1.29, 1.82) is 0 Å². The zero-order valence-electron chi connectivity index (χ0n) is 13.1. The zero-order chi connectivity index (χ0) is 17.3. The van der Waals surface area contributed by atoms with Gasteiger partial charge >= 0.3 is 5.40 Å². The van der Waals surface area contributed by atoms with Crippen molar-refractivity contribution < 1.29 is 23.0 Å². The molecule has 8 nitrogen and oxygen atoms in total. The van der Waals surface area contributed by atoms with Gasteiger partial charge in [0.2, 0.25) is 0 Å². The van der Waals surface area contributed by atoms with Crippen LogP contribution in [-0.4, -0.2) is 24.5 Å². The van der Waals surface area contributed by atoms with Crippen LogP contribution in [0.3, 0.4) is 0 Å². The van der Waals surface area contributed by atoms with Crippen molar-refractivity contribution in [3.05, 3.63) is 39.5 Å². The number of nitrogens with two attached hydrogens (primary N) is 1. The van der Waals surface area contributed by atoms with Crippen molar-refractivity contribution in [3.8, 4) is 0 Å². The molecule has 0 spiro atoms. The van der Waals surface area contributed by atoms with E-state index in [2.05, 4.69) is 9.98 Å². The molecule has 1 amide bonds. The smallest absolute Gasteiger partial charge is 0.311 e. The summed E-state index contributed by atoms with van der Waals surface area (Å²) in [6, 6.07) is 5.05. The summed E-state index contributed by atoms with van der Waals surface area (Å²) in [6.45, 7) is 3.51. The van der Waals surface area contributed by atoms with Crippen molar-refractivity contribution >= 4 is 26.0 Å². The molecule has 3 atom stereocenters. The van der Waals surface area contributed by atoms with Gasteiger partial charge in [-0.15, -0.1) is 0 Å². The SMILES string of the molecule is CCOP1(=O)C2=C1P(=O)(OCC)C1(C(N)=O)N=c3cccc2c3=N1. The van der Waals surface area contributed by atoms with Crippen LogP contribution in [0.2, 0.25) is 0 Å². The third kappa shape index (κ3) is 1.60. The minimum atomic E-state index is -4.07. The molecule has 2 N–H and O–H groups in total. The first kappa shape index (κ1) is 15.9. The second-order valence-electron chi connectivity index (χ2n) is 5.51. The molecule has 24 heavy (non-hydrogen) atoms. The Morgan fingerprint density at radius 1 is 1.21 bits per heavy atom. The molecule has 2 bridgehead atoms. The maximum Gasteiger partial charge on any atom is 0.311 e. The molecule has 3 aliphatic heterocycles. The fourth-order valence-corrected chi connectivity index (χ4v) is 10.4. The van der Waals surface area contributed by atoms with Crippen LogP contribution in [0.4, 0.5) is 0 Å². The lowest BCUT2D eigenvalue weighted by Crippen LogP contribution is -2.40. The molecule has 0 saturated heterocycles. The van der Waals surface area contributed by atoms with E-state index in [1.807, 2.05) is 0 Å². The van der Waals surface area contributed by atoms with Crippen LogP contribution in [0.15, 0.2) is 33.2 Å². The van der Waals surface area contributed by atoms with Gasteiger partial charge < -0.3 is 14.8 Å². The van der Waals surface area contributed by atoms with E-state index >= 15 is 0 Å². The topological polar surface area (TPSA) is 120 Å². The van der Waals surface area contributed by atoms with Crippen LogP contribution in [0.25, 0.3) is 5.31 Å². The highest BCUT2D eigenvalue weighted by Gasteiger charge is 2.72. The van der Waals surface area contributed by atoms with Gasteiger partial charge in [-0.05, 0) is 19.9 Å². The molecule has 0 saturated carbocycles. The van der Waals surface area contributed by atoms with Crippen LogP contribution in [0.5, 0.6) is 0 Å². The summed E-state index contributed by atoms with van der Waals surface area (Å²) in [5.41, 5.74) is 6.06. The molecule has 10 heteroatoms. The van der Waals surface area contributed by atoms with E-state index in [1.165, 1.54) is 0 Å². The van der Waals surface area contributed by atoms with E-state index < -0.39 is 26.0 Å². The highest BCUT2D eigenvalue weighted by Crippen LogP contribution is 2.95. The number of carbonyl (C=O) groups is 1. The highest BCUT2D eigenvalue weighted by atomic mass is 31.2. The fourth-order valence-electron chi connectivity index (χ4n) is 3.25. The quantitative estimate of drug-likeness (QED) is 0.788. The Kier molecular flexibility index (Phi) is 3.14. The Balaban J connectivity index is 2.13. The monoisotopic (exact) mass is 367 g/mol. The second kappa shape index (κ2) is 4.73. The molecular formula is C14H15N3O5P2. The van der Waals surface area contributed by atoms with Crippen LogP contribution >= 0.6 is 14.7 Å². The van der Waals surface area contributed by atoms with E-state index in [9.17, 15) is 13.9 Å². The lowest BCUT2D eigenvalue weighted by molar-refractivity contribution is -0.120. The number of amides is 1. The first-order valence-corrected chi connectivity index (χ1v) is 10.7. The van der Waals surface area contributed by atoms with E-state index in [0.717, 1.165) is 0 Å². The van der Waals surface area contributed by atoms with Gasteiger partial charge in [-0.2, -0.15) is 0 Å². The summed E-state index contributed by atoms with van der Waals surface area (Å²) in [5, 5.41) is -1.01. The molecule has 126 valence electrons. The van der Waals surface area contributed by atoms with Crippen LogP contribution in [0, 0.1) is 0 Å². The Morgan fingerprint density at radius 2 is 1.92 bits per heavy atom. The van der Waals surface area contributed by atoms with Gasteiger partial charge in [0.25, 0.3) is 20.6 Å². The van der Waals surface area contributed by atoms with E-state index in [0.29, 0.717) is 21.6 Å². The minimum absolute atomic E-state index is 0.0276. The third-order valence-electron chi connectivity index (χ3n) is 4.19. The standard InChI is InChI=1S/C14H15N3O5P2/c1-3-21-23(19)11-8-6-5-7-9-10(8)17-14(16-9,13(15)18)24(20,12(11)23)22-4-2/h5-7H,3-4H2,1-2H3,(H2,15,18). The van der Waals surface area contributed by atoms with Crippen LogP contribution < -0.4 is 16.4 Å². The normalized spacial score (nSPS) is 34.9. The summed E-state index contributed by atoms with van der Waals surface area (Å²) in [5.74, 6) is -0.995. The Hall–Kier alpha value is -1.59. The number of primary amides is 1. The van der Waals surface area contributed by atoms with Crippen molar-refractivity contribution in [2.45, 2.75) is 19.3 Å². The van der Waals surface area contributed by atoms with E-state index in [-0.39, 0.29) is 18.3 Å². The van der Waals surface area contributed by atoms with Crippen LogP contribution in [-0.2, 0) is 23.0 Å². The molecule has 4 rings (SSSR count). The number of carbonyl (C=O) groups excluding carboxylic acids is 1. The second-order valence-corrected chi connectivity index (χ2v) is 10.5. The summed E-state index contributed by atoms with van der Waals surface area (Å²) in [4.78, 5) is 20.8. The molecule has 0 aliphatic carbocycles. The van der Waals surface area contributed by atoms with E-state index in [4.69, 9.17) is 14.8 Å². The van der Waals surface area contributed by atoms with Gasteiger partial charge in [0.1, 0.15) is 5.06 Å². The first-order valence-electron chi connectivity index (χ1n) is 7.50. The van der Waals surface area contributed by atoms with Crippen LogP contribution in [0.1, 0.15) is 19.4 Å². The number of para-hydroxylation sites is 1. The van der Waals surface area contributed by atoms with Gasteiger partial charge in [0, 0.05) is 5.56 Å². The molecule has 0 radical (unpaired) electrons. The molecule has 1 aromatic rings. The predicted molar refractivity (Wildman–Crippen MR) is 86.1 cm³/mol. The number of nitrogens with zero attached hydrogens (tertiary/aromatic N) is 2. The average Bonchev–Trinajstić information content (AvgIpc) is 2.96. The number of rotatable bonds is 5. The highest BCUT2D eigenvalue weighted by molar-refractivity contribution is 7.98. The van der Waals surface area contributed by atoms with Gasteiger partial charge in [-0.25, -0.2) is 9.98 Å². The lowest BCUT2D eigenvalue weighted by Gasteiger charge is -2.27. The molecule has 3 aliphatic rings. The van der Waals surface area contributed by atoms with Crippen molar-refractivity contribution in [3.63, 3.8) is 0 Å². The Bertz CT molecular complexity index is 1050. The van der Waals surface area contributed by atoms with Gasteiger partial charge in [-0.3, -0.25) is 13.9 Å². The number of fused-ring (bicyclic) bond motifs is 2. The first-order chi connectivity index (χ1) is 11.4. The van der Waals surface area contributed by atoms with Crippen molar-refractivity contribution in [1.82, 2.24) is 0 Å². The van der Waals surface area contributed by atoms with Crippen molar-refractivity contribution in [2.75, 3.05) is 13.2 Å². The third-order valence-corrected chi connectivity index (χ3v) is 10.8. The molecule has 0 aromatic heterocycles. The number of hydrogen-bond donors (Lipinski definition) is 1. The molecule has 3 heterocycles. The molecule has 1 aromatic carbocycles. The minimum Gasteiger partial charge on any atom is -0.365 e. The van der Waals surface area contributed by atoms with Gasteiger partial charge in [-0.1, -0.05) is 12.1 Å². The van der Waals surface area contributed by atoms with Gasteiger partial charge in [0.15, 0.2) is 0 Å². The maximum atomic E-state index is 13.8. The summed E-state index contributed by atoms with van der Waals surface area (Å²) in [6.07, 6.45) is 0. The molecule has 0 fully saturated rings. The summed E-state index contributed by atoms with van der Waals surface area (Å²) >= 11 is 0. The lowest BCUT2D eigenvalue weighted by atomic mass is 10.2. The number of hydrogen-bond acceptors (Lipinski definition) is 7. The summed E-state index contributed by atoms with van der Waals surface area (Å²) in [7, 11) is -7.52. The Labute approximate surface area is 137 Å². The van der Waals surface area contributed by atoms with Crippen molar-refractivity contribution in [2.24, 2.45) is 15.7 Å². The van der Waals surface area contributed by atoms with Gasteiger partial charge in [0.05, 0.1) is 29.2 Å².